The van der Waals surface area contributed by atoms with E-state index in [9.17, 15) is 4.79 Å². The molecule has 2 rings (SSSR count). The lowest BCUT2D eigenvalue weighted by atomic mass is 9.98. The van der Waals surface area contributed by atoms with Gasteiger partial charge in [0.05, 0.1) is 5.56 Å². The zero-order chi connectivity index (χ0) is 13.8. The van der Waals surface area contributed by atoms with Crippen molar-refractivity contribution in [2.24, 2.45) is 0 Å². The molecule has 2 nitrogen and oxygen atoms in total. The fourth-order valence-corrected chi connectivity index (χ4v) is 2.16. The van der Waals surface area contributed by atoms with Crippen molar-refractivity contribution in [3.63, 3.8) is 0 Å². The van der Waals surface area contributed by atoms with Crippen LogP contribution in [0.15, 0.2) is 42.5 Å². The van der Waals surface area contributed by atoms with Crippen LogP contribution in [0.4, 0.5) is 0 Å². The Morgan fingerprint density at radius 2 is 1.84 bits per heavy atom. The first-order valence-corrected chi connectivity index (χ1v) is 6.44. The van der Waals surface area contributed by atoms with Crippen molar-refractivity contribution >= 4 is 6.29 Å². The van der Waals surface area contributed by atoms with E-state index in [-0.39, 0.29) is 0 Å². The van der Waals surface area contributed by atoms with Gasteiger partial charge in [-0.2, -0.15) is 0 Å². The van der Waals surface area contributed by atoms with Crippen LogP contribution in [-0.4, -0.2) is 6.29 Å². The molecule has 19 heavy (non-hydrogen) atoms. The first-order valence-electron chi connectivity index (χ1n) is 6.44. The van der Waals surface area contributed by atoms with Crippen molar-refractivity contribution in [1.29, 1.82) is 0 Å². The molecule has 2 heteroatoms. The van der Waals surface area contributed by atoms with Gasteiger partial charge < -0.3 is 4.74 Å². The monoisotopic (exact) mass is 254 g/mol. The molecule has 0 aliphatic rings. The van der Waals surface area contributed by atoms with Crippen LogP contribution in [-0.2, 0) is 0 Å². The van der Waals surface area contributed by atoms with E-state index in [2.05, 4.69) is 26.8 Å². The Bertz CT molecular complexity index is 586. The van der Waals surface area contributed by atoms with E-state index in [1.807, 2.05) is 24.3 Å². The summed E-state index contributed by atoms with van der Waals surface area (Å²) in [7, 11) is 0. The maximum absolute atomic E-state index is 10.9. The highest BCUT2D eigenvalue weighted by Crippen LogP contribution is 2.28. The van der Waals surface area contributed by atoms with Gasteiger partial charge in [-0.15, -0.1) is 0 Å². The van der Waals surface area contributed by atoms with Gasteiger partial charge in [-0.1, -0.05) is 32.0 Å². The summed E-state index contributed by atoms with van der Waals surface area (Å²) in [6.45, 7) is 6.42. The lowest BCUT2D eigenvalue weighted by molar-refractivity contribution is 0.112. The second-order valence-electron chi connectivity index (χ2n) is 4.93. The Balaban J connectivity index is 2.29. The smallest absolute Gasteiger partial charge is 0.153 e. The van der Waals surface area contributed by atoms with E-state index >= 15 is 0 Å². The van der Waals surface area contributed by atoms with E-state index in [1.54, 1.807) is 12.1 Å². The molecular formula is C17H18O2. The van der Waals surface area contributed by atoms with E-state index in [0.717, 1.165) is 12.0 Å². The SMILES string of the molecule is Cc1cc(Oc2ccccc2C=O)ccc1C(C)C. The molecule has 0 aliphatic carbocycles. The van der Waals surface area contributed by atoms with Crippen molar-refractivity contribution in [3.8, 4) is 11.5 Å². The number of hydrogen-bond donors (Lipinski definition) is 0. The third-order valence-corrected chi connectivity index (χ3v) is 3.14. The number of carbonyl (C=O) groups excluding carboxylic acids is 1. The summed E-state index contributed by atoms with van der Waals surface area (Å²) >= 11 is 0. The van der Waals surface area contributed by atoms with Crippen LogP contribution >= 0.6 is 0 Å². The predicted molar refractivity (Wildman–Crippen MR) is 77.2 cm³/mol. The summed E-state index contributed by atoms with van der Waals surface area (Å²) in [5, 5.41) is 0. The van der Waals surface area contributed by atoms with Crippen molar-refractivity contribution in [2.75, 3.05) is 0 Å². The lowest BCUT2D eigenvalue weighted by Gasteiger charge is -2.13. The molecule has 0 saturated heterocycles. The third kappa shape index (κ3) is 3.02. The van der Waals surface area contributed by atoms with Gasteiger partial charge in [-0.05, 0) is 48.2 Å². The summed E-state index contributed by atoms with van der Waals surface area (Å²) in [5.41, 5.74) is 3.08. The number of hydrogen-bond acceptors (Lipinski definition) is 2. The molecule has 0 heterocycles. The first kappa shape index (κ1) is 13.3. The maximum Gasteiger partial charge on any atom is 0.153 e. The minimum Gasteiger partial charge on any atom is -0.457 e. The highest BCUT2D eigenvalue weighted by Gasteiger charge is 2.07. The molecule has 0 atom stereocenters. The van der Waals surface area contributed by atoms with Crippen molar-refractivity contribution < 1.29 is 9.53 Å². The van der Waals surface area contributed by atoms with Crippen molar-refractivity contribution in [2.45, 2.75) is 26.7 Å². The third-order valence-electron chi connectivity index (χ3n) is 3.14. The maximum atomic E-state index is 10.9. The molecule has 0 aliphatic heterocycles. The molecular weight excluding hydrogens is 236 g/mol. The number of aryl methyl sites for hydroxylation is 1. The van der Waals surface area contributed by atoms with Crippen LogP contribution in [0, 0.1) is 6.92 Å². The van der Waals surface area contributed by atoms with Crippen LogP contribution in [0.5, 0.6) is 11.5 Å². The summed E-state index contributed by atoms with van der Waals surface area (Å²) < 4.78 is 5.78. The number of aldehydes is 1. The van der Waals surface area contributed by atoms with Gasteiger partial charge in [0, 0.05) is 0 Å². The Labute approximate surface area is 114 Å². The van der Waals surface area contributed by atoms with Gasteiger partial charge in [-0.3, -0.25) is 4.79 Å². The van der Waals surface area contributed by atoms with Gasteiger partial charge >= 0.3 is 0 Å². The molecule has 2 aromatic carbocycles. The summed E-state index contributed by atoms with van der Waals surface area (Å²) in [6, 6.07) is 13.3. The molecule has 98 valence electrons. The molecule has 0 bridgehead atoms. The van der Waals surface area contributed by atoms with Crippen LogP contribution in [0.1, 0.15) is 41.3 Å². The fourth-order valence-electron chi connectivity index (χ4n) is 2.16. The molecule has 0 unspecified atom stereocenters. The minimum atomic E-state index is 0.497. The highest BCUT2D eigenvalue weighted by molar-refractivity contribution is 5.79. The molecule has 0 saturated carbocycles. The first-order chi connectivity index (χ1) is 9.11. The average molecular weight is 254 g/mol. The zero-order valence-corrected chi connectivity index (χ0v) is 11.5. The summed E-state index contributed by atoms with van der Waals surface area (Å²) in [5.74, 6) is 1.85. The van der Waals surface area contributed by atoms with Crippen LogP contribution in [0.3, 0.4) is 0 Å². The largest absolute Gasteiger partial charge is 0.457 e. The molecule has 0 amide bonds. The van der Waals surface area contributed by atoms with Crippen molar-refractivity contribution in [3.05, 3.63) is 59.2 Å². The van der Waals surface area contributed by atoms with Gasteiger partial charge in [0.1, 0.15) is 11.5 Å². The van der Waals surface area contributed by atoms with E-state index in [0.29, 0.717) is 17.2 Å². The number of para-hydroxylation sites is 1. The summed E-state index contributed by atoms with van der Waals surface area (Å²) in [4.78, 5) is 10.9. The Morgan fingerprint density at radius 1 is 1.11 bits per heavy atom. The molecule has 0 fully saturated rings. The zero-order valence-electron chi connectivity index (χ0n) is 11.5. The fraction of sp³-hybridized carbons (Fsp3) is 0.235. The molecule has 0 spiro atoms. The quantitative estimate of drug-likeness (QED) is 0.738. The second kappa shape index (κ2) is 5.70. The molecule has 0 radical (unpaired) electrons. The number of benzene rings is 2. The number of carbonyl (C=O) groups is 1. The Hall–Kier alpha value is -2.09. The molecule has 0 aromatic heterocycles. The topological polar surface area (TPSA) is 26.3 Å². The molecule has 2 aromatic rings. The Kier molecular flexibility index (Phi) is 4.00. The standard InChI is InChI=1S/C17H18O2/c1-12(2)16-9-8-15(10-13(16)3)19-17-7-5-4-6-14(17)11-18/h4-12H,1-3H3. The number of ether oxygens (including phenoxy) is 1. The average Bonchev–Trinajstić information content (AvgIpc) is 2.39. The normalized spacial score (nSPS) is 10.5. The van der Waals surface area contributed by atoms with Gasteiger partial charge in [0.2, 0.25) is 0 Å². The van der Waals surface area contributed by atoms with Crippen LogP contribution < -0.4 is 4.74 Å². The number of rotatable bonds is 4. The molecule has 0 N–H and O–H groups in total. The second-order valence-corrected chi connectivity index (χ2v) is 4.93. The predicted octanol–water partition coefficient (Wildman–Crippen LogP) is 4.72. The van der Waals surface area contributed by atoms with Crippen molar-refractivity contribution in [1.82, 2.24) is 0 Å². The van der Waals surface area contributed by atoms with E-state index < -0.39 is 0 Å². The van der Waals surface area contributed by atoms with Crippen LogP contribution in [0.25, 0.3) is 0 Å². The van der Waals surface area contributed by atoms with Gasteiger partial charge in [-0.25, -0.2) is 0 Å². The van der Waals surface area contributed by atoms with Gasteiger partial charge in [0.15, 0.2) is 6.29 Å². The lowest BCUT2D eigenvalue weighted by Crippen LogP contribution is -1.94. The van der Waals surface area contributed by atoms with Crippen LogP contribution in [0.2, 0.25) is 0 Å². The minimum absolute atomic E-state index is 0.497. The Morgan fingerprint density at radius 3 is 2.47 bits per heavy atom. The summed E-state index contributed by atoms with van der Waals surface area (Å²) in [6.07, 6.45) is 0.810. The highest BCUT2D eigenvalue weighted by atomic mass is 16.5. The van der Waals surface area contributed by atoms with Gasteiger partial charge in [0.25, 0.3) is 0 Å². The van der Waals surface area contributed by atoms with E-state index in [4.69, 9.17) is 4.74 Å². The van der Waals surface area contributed by atoms with E-state index in [1.165, 1.54) is 11.1 Å².